The molecule has 0 spiro atoms. The standard InChI is InChI=1S/C28H28N2O4S/c1-33-23-13-11-22(12-14-23)20-29-28(32)27(25-10-5-17-34-25)30(16-15-21-7-3-2-4-8-21)26(31)19-24-9-6-18-35-24/h2-14,17-18,27H,15-16,19-20H2,1H3,(H,29,32). The quantitative estimate of drug-likeness (QED) is 0.322. The largest absolute Gasteiger partial charge is 0.497 e. The Hall–Kier alpha value is -3.84. The molecule has 1 N–H and O–H groups in total. The molecule has 6 nitrogen and oxygen atoms in total. The van der Waals surface area contributed by atoms with Gasteiger partial charge in [0.2, 0.25) is 5.91 Å². The zero-order valence-corrected chi connectivity index (χ0v) is 20.4. The van der Waals surface area contributed by atoms with Gasteiger partial charge in [-0.15, -0.1) is 11.3 Å². The van der Waals surface area contributed by atoms with Crippen molar-refractivity contribution in [3.05, 3.63) is 112 Å². The van der Waals surface area contributed by atoms with Gasteiger partial charge >= 0.3 is 0 Å². The van der Waals surface area contributed by atoms with E-state index in [-0.39, 0.29) is 18.2 Å². The molecule has 0 saturated carbocycles. The number of rotatable bonds is 11. The number of methoxy groups -OCH3 is 1. The van der Waals surface area contributed by atoms with E-state index in [0.717, 1.165) is 21.8 Å². The molecule has 0 bridgehead atoms. The van der Waals surface area contributed by atoms with Crippen LogP contribution in [-0.2, 0) is 29.0 Å². The molecule has 7 heteroatoms. The summed E-state index contributed by atoms with van der Waals surface area (Å²) in [5.74, 6) is 0.775. The number of thiophene rings is 1. The van der Waals surface area contributed by atoms with E-state index in [0.29, 0.717) is 25.3 Å². The van der Waals surface area contributed by atoms with Crippen LogP contribution < -0.4 is 10.1 Å². The predicted octanol–water partition coefficient (Wildman–Crippen LogP) is 5.02. The van der Waals surface area contributed by atoms with Crippen LogP contribution in [0.1, 0.15) is 27.8 Å². The third kappa shape index (κ3) is 6.61. The summed E-state index contributed by atoms with van der Waals surface area (Å²) in [6, 6.07) is 23.9. The first-order valence-electron chi connectivity index (χ1n) is 11.4. The molecule has 4 aromatic rings. The molecule has 2 amide bonds. The average Bonchev–Trinajstić information content (AvgIpc) is 3.61. The number of nitrogens with one attached hydrogen (secondary N) is 1. The van der Waals surface area contributed by atoms with Crippen molar-refractivity contribution < 1.29 is 18.7 Å². The second-order valence-corrected chi connectivity index (χ2v) is 9.09. The molecule has 4 rings (SSSR count). The van der Waals surface area contributed by atoms with Gasteiger partial charge in [0.15, 0.2) is 6.04 Å². The van der Waals surface area contributed by atoms with E-state index < -0.39 is 6.04 Å². The minimum atomic E-state index is -0.876. The second-order valence-electron chi connectivity index (χ2n) is 8.06. The summed E-state index contributed by atoms with van der Waals surface area (Å²) in [7, 11) is 1.61. The number of benzene rings is 2. The van der Waals surface area contributed by atoms with E-state index in [4.69, 9.17) is 9.15 Å². The lowest BCUT2D eigenvalue weighted by atomic mass is 10.1. The molecule has 180 valence electrons. The molecular formula is C28H28N2O4S. The molecule has 0 aliphatic heterocycles. The number of carbonyl (C=O) groups is 2. The SMILES string of the molecule is COc1ccc(CNC(=O)C(c2ccco2)N(CCc2ccccc2)C(=O)Cc2cccs2)cc1. The van der Waals surface area contributed by atoms with E-state index >= 15 is 0 Å². The molecule has 2 aromatic heterocycles. The van der Waals surface area contributed by atoms with Crippen LogP contribution in [0.5, 0.6) is 5.75 Å². The Labute approximate surface area is 209 Å². The predicted molar refractivity (Wildman–Crippen MR) is 136 cm³/mol. The third-order valence-corrected chi connectivity index (χ3v) is 6.58. The first-order chi connectivity index (χ1) is 17.1. The van der Waals surface area contributed by atoms with Gasteiger partial charge in [-0.1, -0.05) is 48.5 Å². The van der Waals surface area contributed by atoms with Crippen molar-refractivity contribution >= 4 is 23.2 Å². The third-order valence-electron chi connectivity index (χ3n) is 5.71. The lowest BCUT2D eigenvalue weighted by Gasteiger charge is -2.30. The summed E-state index contributed by atoms with van der Waals surface area (Å²) in [5, 5.41) is 4.93. The van der Waals surface area contributed by atoms with Gasteiger partial charge in [-0.2, -0.15) is 0 Å². The summed E-state index contributed by atoms with van der Waals surface area (Å²) in [5.41, 5.74) is 2.02. The molecule has 0 fully saturated rings. The summed E-state index contributed by atoms with van der Waals surface area (Å²) < 4.78 is 10.9. The number of hydrogen-bond acceptors (Lipinski definition) is 5. The summed E-state index contributed by atoms with van der Waals surface area (Å²) in [6.45, 7) is 0.710. The van der Waals surface area contributed by atoms with Crippen LogP contribution in [0.4, 0.5) is 0 Å². The molecule has 0 aliphatic rings. The maximum absolute atomic E-state index is 13.5. The molecule has 0 radical (unpaired) electrons. The van der Waals surface area contributed by atoms with Gasteiger partial charge in [0, 0.05) is 18.0 Å². The van der Waals surface area contributed by atoms with Crippen LogP contribution >= 0.6 is 11.3 Å². The zero-order chi connectivity index (χ0) is 24.5. The Bertz CT molecular complexity index is 1190. The average molecular weight is 489 g/mol. The highest BCUT2D eigenvalue weighted by molar-refractivity contribution is 7.10. The van der Waals surface area contributed by atoms with Gasteiger partial charge in [-0.05, 0) is 53.3 Å². The summed E-state index contributed by atoms with van der Waals surface area (Å²) in [4.78, 5) is 29.6. The maximum atomic E-state index is 13.5. The van der Waals surface area contributed by atoms with Crippen molar-refractivity contribution in [2.24, 2.45) is 0 Å². The van der Waals surface area contributed by atoms with Gasteiger partial charge in [0.25, 0.3) is 5.91 Å². The highest BCUT2D eigenvalue weighted by atomic mass is 32.1. The Morgan fingerprint density at radius 3 is 2.43 bits per heavy atom. The van der Waals surface area contributed by atoms with E-state index in [9.17, 15) is 9.59 Å². The fraction of sp³-hybridized carbons (Fsp3) is 0.214. The summed E-state index contributed by atoms with van der Waals surface area (Å²) >= 11 is 1.53. The second kappa shape index (κ2) is 12.0. The fourth-order valence-electron chi connectivity index (χ4n) is 3.86. The number of hydrogen-bond donors (Lipinski definition) is 1. The van der Waals surface area contributed by atoms with Crippen molar-refractivity contribution in [1.29, 1.82) is 0 Å². The van der Waals surface area contributed by atoms with Crippen molar-refractivity contribution in [3.8, 4) is 5.75 Å². The van der Waals surface area contributed by atoms with Gasteiger partial charge in [0.1, 0.15) is 11.5 Å². The van der Waals surface area contributed by atoms with Crippen molar-refractivity contribution in [1.82, 2.24) is 10.2 Å². The highest BCUT2D eigenvalue weighted by Crippen LogP contribution is 2.25. The van der Waals surface area contributed by atoms with Crippen LogP contribution in [0.15, 0.2) is 94.9 Å². The van der Waals surface area contributed by atoms with Crippen LogP contribution in [0.3, 0.4) is 0 Å². The van der Waals surface area contributed by atoms with Gasteiger partial charge in [-0.3, -0.25) is 9.59 Å². The normalized spacial score (nSPS) is 11.6. The number of ether oxygens (including phenoxy) is 1. The highest BCUT2D eigenvalue weighted by Gasteiger charge is 2.33. The molecule has 1 atom stereocenters. The number of carbonyl (C=O) groups excluding carboxylic acids is 2. The summed E-state index contributed by atoms with van der Waals surface area (Å²) in [6.07, 6.45) is 2.38. The molecule has 0 saturated heterocycles. The lowest BCUT2D eigenvalue weighted by molar-refractivity contribution is -0.141. The van der Waals surface area contributed by atoms with Crippen LogP contribution in [0.25, 0.3) is 0 Å². The molecule has 35 heavy (non-hydrogen) atoms. The molecule has 2 heterocycles. The van der Waals surface area contributed by atoms with Crippen molar-refractivity contribution in [2.75, 3.05) is 13.7 Å². The minimum Gasteiger partial charge on any atom is -0.497 e. The van der Waals surface area contributed by atoms with Crippen LogP contribution in [0, 0.1) is 0 Å². The smallest absolute Gasteiger partial charge is 0.251 e. The Morgan fingerprint density at radius 2 is 1.77 bits per heavy atom. The fourth-order valence-corrected chi connectivity index (χ4v) is 4.55. The first kappa shape index (κ1) is 24.3. The first-order valence-corrected chi connectivity index (χ1v) is 12.3. The minimum absolute atomic E-state index is 0.121. The van der Waals surface area contributed by atoms with Gasteiger partial charge < -0.3 is 19.4 Å². The van der Waals surface area contributed by atoms with Crippen molar-refractivity contribution in [3.63, 3.8) is 0 Å². The number of nitrogens with zero attached hydrogens (tertiary/aromatic N) is 1. The van der Waals surface area contributed by atoms with Crippen LogP contribution in [0.2, 0.25) is 0 Å². The molecular weight excluding hydrogens is 460 g/mol. The van der Waals surface area contributed by atoms with Crippen LogP contribution in [-0.4, -0.2) is 30.4 Å². The van der Waals surface area contributed by atoms with Gasteiger partial charge in [0.05, 0.1) is 19.8 Å². The van der Waals surface area contributed by atoms with E-state index in [1.807, 2.05) is 72.1 Å². The van der Waals surface area contributed by atoms with Crippen molar-refractivity contribution in [2.45, 2.75) is 25.4 Å². The van der Waals surface area contributed by atoms with Gasteiger partial charge in [-0.25, -0.2) is 0 Å². The monoisotopic (exact) mass is 488 g/mol. The molecule has 2 aromatic carbocycles. The number of furan rings is 1. The zero-order valence-electron chi connectivity index (χ0n) is 19.6. The molecule has 0 aliphatic carbocycles. The topological polar surface area (TPSA) is 71.8 Å². The lowest BCUT2D eigenvalue weighted by Crippen LogP contribution is -2.45. The van der Waals surface area contributed by atoms with E-state index in [1.165, 1.54) is 17.6 Å². The Morgan fingerprint density at radius 1 is 0.971 bits per heavy atom. The number of amides is 2. The maximum Gasteiger partial charge on any atom is 0.251 e. The van der Waals surface area contributed by atoms with E-state index in [2.05, 4.69) is 5.32 Å². The Kier molecular flexibility index (Phi) is 8.35. The Balaban J connectivity index is 1.56. The molecule has 1 unspecified atom stereocenters. The van der Waals surface area contributed by atoms with E-state index in [1.54, 1.807) is 24.1 Å².